The molecule has 2 N–H and O–H groups in total. The first kappa shape index (κ1) is 15.4. The van der Waals surface area contributed by atoms with E-state index in [-0.39, 0.29) is 17.7 Å². The summed E-state index contributed by atoms with van der Waals surface area (Å²) < 4.78 is 0. The minimum atomic E-state index is -0.352. The Morgan fingerprint density at radius 2 is 2.10 bits per heavy atom. The molecular weight excluding hydrogens is 268 g/mol. The fourth-order valence-electron chi connectivity index (χ4n) is 2.54. The van der Waals surface area contributed by atoms with Gasteiger partial charge < -0.3 is 10.6 Å². The molecule has 0 spiro atoms. The Kier molecular flexibility index (Phi) is 4.90. The van der Waals surface area contributed by atoms with Crippen LogP contribution in [0.1, 0.15) is 18.2 Å². The molecule has 1 aliphatic rings. The molecule has 1 aromatic heterocycles. The third-order valence-electron chi connectivity index (χ3n) is 3.83. The molecule has 2 amide bonds. The van der Waals surface area contributed by atoms with E-state index in [1.807, 2.05) is 25.3 Å². The number of primary amides is 1. The summed E-state index contributed by atoms with van der Waals surface area (Å²) in [5.41, 5.74) is 7.53. The van der Waals surface area contributed by atoms with E-state index in [1.165, 1.54) is 6.92 Å². The Hall–Kier alpha value is -1.95. The van der Waals surface area contributed by atoms with Gasteiger partial charge in [0, 0.05) is 51.5 Å². The quantitative estimate of drug-likeness (QED) is 0.860. The van der Waals surface area contributed by atoms with Gasteiger partial charge in [0.1, 0.15) is 0 Å². The highest BCUT2D eigenvalue weighted by molar-refractivity contribution is 5.79. The van der Waals surface area contributed by atoms with Gasteiger partial charge in [-0.15, -0.1) is 0 Å². The average Bonchev–Trinajstić information content (AvgIpc) is 2.64. The molecule has 2 heterocycles. The van der Waals surface area contributed by atoms with Gasteiger partial charge in [-0.3, -0.25) is 19.5 Å². The van der Waals surface area contributed by atoms with Crippen LogP contribution in [0.3, 0.4) is 0 Å². The van der Waals surface area contributed by atoms with Crippen LogP contribution in [0.5, 0.6) is 0 Å². The predicted octanol–water partition coefficient (Wildman–Crippen LogP) is 0.156. The van der Waals surface area contributed by atoms with Crippen molar-refractivity contribution in [1.82, 2.24) is 14.8 Å². The van der Waals surface area contributed by atoms with Crippen molar-refractivity contribution in [2.45, 2.75) is 20.4 Å². The fourth-order valence-corrected chi connectivity index (χ4v) is 2.54. The molecule has 1 aliphatic heterocycles. The second-order valence-corrected chi connectivity index (χ2v) is 5.61. The van der Waals surface area contributed by atoms with Crippen LogP contribution in [-0.4, -0.2) is 52.8 Å². The molecule has 0 aromatic carbocycles. The van der Waals surface area contributed by atoms with E-state index in [0.29, 0.717) is 26.2 Å². The van der Waals surface area contributed by atoms with E-state index in [2.05, 4.69) is 9.88 Å². The van der Waals surface area contributed by atoms with Crippen molar-refractivity contribution >= 4 is 11.8 Å². The zero-order valence-electron chi connectivity index (χ0n) is 12.6. The summed E-state index contributed by atoms with van der Waals surface area (Å²) in [6.07, 6.45) is 1.85. The highest BCUT2D eigenvalue weighted by Crippen LogP contribution is 2.13. The molecule has 1 aromatic rings. The summed E-state index contributed by atoms with van der Waals surface area (Å²) in [5, 5.41) is 0. The number of carbonyl (C=O) groups excluding carboxylic acids is 2. The van der Waals surface area contributed by atoms with Crippen molar-refractivity contribution in [3.8, 4) is 0 Å². The molecule has 1 saturated heterocycles. The van der Waals surface area contributed by atoms with Crippen LogP contribution in [-0.2, 0) is 16.1 Å². The molecule has 0 radical (unpaired) electrons. The first-order valence-corrected chi connectivity index (χ1v) is 7.14. The lowest BCUT2D eigenvalue weighted by atomic mass is 10.1. The summed E-state index contributed by atoms with van der Waals surface area (Å²) in [6, 6.07) is 4.01. The van der Waals surface area contributed by atoms with Crippen LogP contribution in [0.15, 0.2) is 18.3 Å². The number of aryl methyl sites for hydroxylation is 1. The minimum Gasteiger partial charge on any atom is -0.369 e. The number of amides is 2. The SMILES string of the molecule is CC(=O)N1CCN(Cc2ccc(C)nc2)CC(C(N)=O)C1. The molecule has 1 unspecified atom stereocenters. The highest BCUT2D eigenvalue weighted by atomic mass is 16.2. The Balaban J connectivity index is 2.07. The van der Waals surface area contributed by atoms with Crippen molar-refractivity contribution in [2.24, 2.45) is 11.7 Å². The molecule has 6 heteroatoms. The van der Waals surface area contributed by atoms with Crippen LogP contribution in [0.4, 0.5) is 0 Å². The smallest absolute Gasteiger partial charge is 0.223 e. The maximum absolute atomic E-state index is 11.6. The normalized spacial score (nSPS) is 20.1. The van der Waals surface area contributed by atoms with E-state index < -0.39 is 0 Å². The Labute approximate surface area is 124 Å². The van der Waals surface area contributed by atoms with Gasteiger partial charge in [0.05, 0.1) is 5.92 Å². The third kappa shape index (κ3) is 4.26. The lowest BCUT2D eigenvalue weighted by Crippen LogP contribution is -2.39. The van der Waals surface area contributed by atoms with Crippen molar-refractivity contribution in [3.05, 3.63) is 29.6 Å². The van der Waals surface area contributed by atoms with Gasteiger partial charge in [0.25, 0.3) is 0 Å². The maximum Gasteiger partial charge on any atom is 0.223 e. The van der Waals surface area contributed by atoms with E-state index in [1.54, 1.807) is 4.90 Å². The van der Waals surface area contributed by atoms with E-state index in [9.17, 15) is 9.59 Å². The third-order valence-corrected chi connectivity index (χ3v) is 3.83. The molecule has 21 heavy (non-hydrogen) atoms. The van der Waals surface area contributed by atoms with Crippen molar-refractivity contribution in [1.29, 1.82) is 0 Å². The van der Waals surface area contributed by atoms with E-state index in [4.69, 9.17) is 5.73 Å². The summed E-state index contributed by atoms with van der Waals surface area (Å²) >= 11 is 0. The van der Waals surface area contributed by atoms with Crippen molar-refractivity contribution < 1.29 is 9.59 Å². The van der Waals surface area contributed by atoms with Gasteiger partial charge >= 0.3 is 0 Å². The largest absolute Gasteiger partial charge is 0.369 e. The number of carbonyl (C=O) groups is 2. The van der Waals surface area contributed by atoms with Gasteiger partial charge in [-0.1, -0.05) is 6.07 Å². The zero-order valence-corrected chi connectivity index (χ0v) is 12.6. The lowest BCUT2D eigenvalue weighted by molar-refractivity contribution is -0.130. The molecule has 0 saturated carbocycles. The first-order valence-electron chi connectivity index (χ1n) is 7.14. The number of aromatic nitrogens is 1. The van der Waals surface area contributed by atoms with Gasteiger partial charge in [-0.05, 0) is 18.6 Å². The molecular formula is C15H22N4O2. The number of nitrogens with two attached hydrogens (primary N) is 1. The molecule has 0 bridgehead atoms. The second-order valence-electron chi connectivity index (χ2n) is 5.61. The van der Waals surface area contributed by atoms with Crippen LogP contribution in [0.25, 0.3) is 0 Å². The summed E-state index contributed by atoms with van der Waals surface area (Å²) in [5.74, 6) is -0.690. The van der Waals surface area contributed by atoms with Crippen LogP contribution in [0.2, 0.25) is 0 Å². The van der Waals surface area contributed by atoms with Crippen LogP contribution < -0.4 is 5.73 Å². The van der Waals surface area contributed by atoms with Gasteiger partial charge in [-0.2, -0.15) is 0 Å². The fraction of sp³-hybridized carbons (Fsp3) is 0.533. The van der Waals surface area contributed by atoms with Crippen molar-refractivity contribution in [3.63, 3.8) is 0 Å². The van der Waals surface area contributed by atoms with Gasteiger partial charge in [0.2, 0.25) is 11.8 Å². The van der Waals surface area contributed by atoms with Crippen molar-refractivity contribution in [2.75, 3.05) is 26.2 Å². The Morgan fingerprint density at radius 3 is 2.67 bits per heavy atom. The summed E-state index contributed by atoms with van der Waals surface area (Å²) in [6.45, 7) is 6.53. The number of hydrogen-bond acceptors (Lipinski definition) is 4. The average molecular weight is 290 g/mol. The summed E-state index contributed by atoms with van der Waals surface area (Å²) in [7, 11) is 0. The highest BCUT2D eigenvalue weighted by Gasteiger charge is 2.27. The predicted molar refractivity (Wildman–Crippen MR) is 79.2 cm³/mol. The lowest BCUT2D eigenvalue weighted by Gasteiger charge is -2.21. The Bertz CT molecular complexity index is 515. The monoisotopic (exact) mass is 290 g/mol. The first-order chi connectivity index (χ1) is 9.95. The number of pyridine rings is 1. The number of hydrogen-bond donors (Lipinski definition) is 1. The second kappa shape index (κ2) is 6.67. The van der Waals surface area contributed by atoms with Gasteiger partial charge in [-0.25, -0.2) is 0 Å². The molecule has 0 aliphatic carbocycles. The molecule has 1 fully saturated rings. The maximum atomic E-state index is 11.6. The molecule has 2 rings (SSSR count). The van der Waals surface area contributed by atoms with E-state index in [0.717, 1.165) is 17.8 Å². The molecule has 114 valence electrons. The molecule has 6 nitrogen and oxygen atoms in total. The van der Waals surface area contributed by atoms with E-state index >= 15 is 0 Å². The minimum absolute atomic E-state index is 0.0138. The zero-order chi connectivity index (χ0) is 15.4. The summed E-state index contributed by atoms with van der Waals surface area (Å²) in [4.78, 5) is 31.3. The number of nitrogens with zero attached hydrogens (tertiary/aromatic N) is 3. The number of rotatable bonds is 3. The topological polar surface area (TPSA) is 79.5 Å². The van der Waals surface area contributed by atoms with Crippen LogP contribution in [0, 0.1) is 12.8 Å². The Morgan fingerprint density at radius 1 is 1.33 bits per heavy atom. The van der Waals surface area contributed by atoms with Crippen LogP contribution >= 0.6 is 0 Å². The molecule has 1 atom stereocenters. The standard InChI is InChI=1S/C15H22N4O2/c1-11-3-4-13(7-17-11)8-18-5-6-19(12(2)20)10-14(9-18)15(16)21/h3-4,7,14H,5-6,8-10H2,1-2H3,(H2,16,21). The van der Waals surface area contributed by atoms with Gasteiger partial charge in [0.15, 0.2) is 0 Å².